The number of hydrogen-bond donors (Lipinski definition) is 2. The van der Waals surface area contributed by atoms with Crippen LogP contribution in [0.15, 0.2) is 96.4 Å². The molecule has 0 radical (unpaired) electrons. The number of para-hydroxylation sites is 1. The molecule has 3 aromatic carbocycles. The summed E-state index contributed by atoms with van der Waals surface area (Å²) in [4.78, 5) is 31.2. The minimum absolute atomic E-state index is 0.0532. The molecular weight excluding hydrogens is 494 g/mol. The van der Waals surface area contributed by atoms with Gasteiger partial charge in [0.2, 0.25) is 5.91 Å². The Labute approximate surface area is 227 Å². The molecule has 6 nitrogen and oxygen atoms in total. The van der Waals surface area contributed by atoms with E-state index in [0.717, 1.165) is 47.6 Å². The fraction of sp³-hybridized carbons (Fsp3) is 0.258. The molecule has 1 heterocycles. The first-order chi connectivity index (χ1) is 18.7. The van der Waals surface area contributed by atoms with Crippen molar-refractivity contribution in [3.05, 3.63) is 118 Å². The van der Waals surface area contributed by atoms with Crippen LogP contribution in [0.3, 0.4) is 0 Å². The summed E-state index contributed by atoms with van der Waals surface area (Å²) in [6.45, 7) is 0.310. The quantitative estimate of drug-likeness (QED) is 0.293. The second-order valence-corrected chi connectivity index (χ2v) is 10.4. The molecule has 0 unspecified atom stereocenters. The zero-order valence-corrected chi connectivity index (χ0v) is 21.9. The fourth-order valence-corrected chi connectivity index (χ4v) is 5.60. The lowest BCUT2D eigenvalue weighted by Crippen LogP contribution is -2.54. The van der Waals surface area contributed by atoms with Gasteiger partial charge in [-0.15, -0.1) is 11.3 Å². The maximum absolute atomic E-state index is 13.7. The minimum atomic E-state index is -0.415. The Balaban J connectivity index is 1.24. The van der Waals surface area contributed by atoms with Gasteiger partial charge in [-0.1, -0.05) is 91.7 Å². The van der Waals surface area contributed by atoms with Gasteiger partial charge in [-0.05, 0) is 36.1 Å². The summed E-state index contributed by atoms with van der Waals surface area (Å²) in [5.74, 6) is 0.0729. The van der Waals surface area contributed by atoms with Crippen LogP contribution in [0.1, 0.15) is 58.2 Å². The molecule has 1 fully saturated rings. The van der Waals surface area contributed by atoms with Crippen LogP contribution in [0.4, 0.5) is 0 Å². The first kappa shape index (κ1) is 25.7. The lowest BCUT2D eigenvalue weighted by atomic mass is 9.87. The number of aromatic nitrogens is 1. The van der Waals surface area contributed by atoms with E-state index in [1.807, 2.05) is 91.0 Å². The molecule has 4 aromatic rings. The molecule has 5 rings (SSSR count). The predicted molar refractivity (Wildman–Crippen MR) is 149 cm³/mol. The first-order valence-electron chi connectivity index (χ1n) is 13.0. The van der Waals surface area contributed by atoms with Gasteiger partial charge in [0.15, 0.2) is 0 Å². The van der Waals surface area contributed by atoms with E-state index in [1.165, 1.54) is 11.3 Å². The van der Waals surface area contributed by atoms with Gasteiger partial charge in [0.05, 0.1) is 5.92 Å². The molecule has 1 aliphatic rings. The van der Waals surface area contributed by atoms with E-state index in [1.54, 1.807) is 5.38 Å². The van der Waals surface area contributed by atoms with Crippen molar-refractivity contribution in [3.8, 4) is 5.75 Å². The highest BCUT2D eigenvalue weighted by molar-refractivity contribution is 7.09. The Morgan fingerprint density at radius 2 is 1.37 bits per heavy atom. The molecule has 0 spiro atoms. The van der Waals surface area contributed by atoms with E-state index in [9.17, 15) is 9.59 Å². The van der Waals surface area contributed by atoms with Crippen LogP contribution >= 0.6 is 11.3 Å². The average molecular weight is 526 g/mol. The average Bonchev–Trinajstić information content (AvgIpc) is 3.44. The summed E-state index contributed by atoms with van der Waals surface area (Å²) < 4.78 is 5.76. The van der Waals surface area contributed by atoms with E-state index < -0.39 is 5.92 Å². The summed E-state index contributed by atoms with van der Waals surface area (Å²) >= 11 is 1.40. The Morgan fingerprint density at radius 1 is 0.816 bits per heavy atom. The molecule has 0 aliphatic heterocycles. The number of hydrogen-bond acceptors (Lipinski definition) is 5. The van der Waals surface area contributed by atoms with Crippen molar-refractivity contribution in [1.29, 1.82) is 0 Å². The number of nitrogens with one attached hydrogen (secondary N) is 2. The maximum Gasteiger partial charge on any atom is 0.271 e. The van der Waals surface area contributed by atoms with Crippen LogP contribution in [-0.2, 0) is 11.4 Å². The van der Waals surface area contributed by atoms with Gasteiger partial charge >= 0.3 is 0 Å². The second kappa shape index (κ2) is 12.5. The van der Waals surface area contributed by atoms with Crippen LogP contribution in [0.2, 0.25) is 0 Å². The number of amides is 2. The monoisotopic (exact) mass is 525 g/mol. The molecule has 2 atom stereocenters. The second-order valence-electron chi connectivity index (χ2n) is 9.46. The van der Waals surface area contributed by atoms with Crippen LogP contribution in [0.25, 0.3) is 0 Å². The number of carbonyl (C=O) groups excluding carboxylic acids is 2. The maximum atomic E-state index is 13.7. The van der Waals surface area contributed by atoms with Crippen molar-refractivity contribution in [3.63, 3.8) is 0 Å². The third kappa shape index (κ3) is 6.47. The Bertz CT molecular complexity index is 1290. The number of ether oxygens (including phenoxy) is 1. The predicted octanol–water partition coefficient (Wildman–Crippen LogP) is 5.71. The Kier molecular flexibility index (Phi) is 8.46. The smallest absolute Gasteiger partial charge is 0.271 e. The van der Waals surface area contributed by atoms with Crippen molar-refractivity contribution in [2.75, 3.05) is 0 Å². The fourth-order valence-electron chi connectivity index (χ4n) is 4.91. The molecule has 7 heteroatoms. The van der Waals surface area contributed by atoms with Crippen molar-refractivity contribution in [2.24, 2.45) is 0 Å². The normalized spacial score (nSPS) is 17.1. The van der Waals surface area contributed by atoms with Gasteiger partial charge in [0.1, 0.15) is 23.1 Å². The first-order valence-corrected chi connectivity index (χ1v) is 13.9. The number of rotatable bonds is 9. The van der Waals surface area contributed by atoms with Gasteiger partial charge in [0.25, 0.3) is 5.91 Å². The topological polar surface area (TPSA) is 80.3 Å². The Hall–Kier alpha value is -3.97. The molecule has 1 aromatic heterocycles. The zero-order chi connectivity index (χ0) is 26.2. The van der Waals surface area contributed by atoms with Crippen LogP contribution in [0, 0.1) is 0 Å². The highest BCUT2D eigenvalue weighted by atomic mass is 32.1. The third-order valence-corrected chi connectivity index (χ3v) is 7.65. The van der Waals surface area contributed by atoms with E-state index in [0.29, 0.717) is 12.3 Å². The van der Waals surface area contributed by atoms with Crippen molar-refractivity contribution in [1.82, 2.24) is 15.6 Å². The van der Waals surface area contributed by atoms with E-state index in [4.69, 9.17) is 4.74 Å². The van der Waals surface area contributed by atoms with Crippen LogP contribution in [0.5, 0.6) is 5.75 Å². The zero-order valence-electron chi connectivity index (χ0n) is 21.1. The highest BCUT2D eigenvalue weighted by Gasteiger charge is 2.31. The molecule has 38 heavy (non-hydrogen) atoms. The molecule has 1 aliphatic carbocycles. The van der Waals surface area contributed by atoms with E-state index >= 15 is 0 Å². The van der Waals surface area contributed by atoms with Gasteiger partial charge < -0.3 is 15.4 Å². The summed E-state index contributed by atoms with van der Waals surface area (Å²) in [7, 11) is 0. The van der Waals surface area contributed by atoms with Crippen molar-refractivity contribution < 1.29 is 14.3 Å². The molecule has 2 N–H and O–H groups in total. The SMILES string of the molecule is O=C(N[C@@H]1CCCC[C@@H]1NC(=O)C(c1ccccc1)c1ccccc1)c1csc(COc2ccccc2)n1. The van der Waals surface area contributed by atoms with Gasteiger partial charge in [-0.3, -0.25) is 9.59 Å². The molecular formula is C31H31N3O3S. The van der Waals surface area contributed by atoms with E-state index in [2.05, 4.69) is 15.6 Å². The van der Waals surface area contributed by atoms with Gasteiger partial charge in [-0.2, -0.15) is 0 Å². The molecule has 2 amide bonds. The van der Waals surface area contributed by atoms with Crippen molar-refractivity contribution >= 4 is 23.2 Å². The summed E-state index contributed by atoms with van der Waals surface area (Å²) in [6, 6.07) is 28.9. The molecule has 0 saturated heterocycles. The molecule has 194 valence electrons. The van der Waals surface area contributed by atoms with E-state index in [-0.39, 0.29) is 23.9 Å². The number of nitrogens with zero attached hydrogens (tertiary/aromatic N) is 1. The molecule has 0 bridgehead atoms. The minimum Gasteiger partial charge on any atom is -0.486 e. The largest absolute Gasteiger partial charge is 0.486 e. The number of carbonyl (C=O) groups is 2. The highest BCUT2D eigenvalue weighted by Crippen LogP contribution is 2.27. The third-order valence-electron chi connectivity index (χ3n) is 6.83. The molecule has 1 saturated carbocycles. The standard InChI is InChI=1S/C31H31N3O3S/c35-30(27-21-38-28(32-27)20-37-24-16-8-3-9-17-24)33-25-18-10-11-19-26(25)34-31(36)29(22-12-4-1-5-13-22)23-14-6-2-7-15-23/h1-9,12-17,21,25-26,29H,10-11,18-20H2,(H,33,35)(H,34,36)/t25-,26+/m1/s1. The van der Waals surface area contributed by atoms with Crippen molar-refractivity contribution in [2.45, 2.75) is 50.3 Å². The van der Waals surface area contributed by atoms with Gasteiger partial charge in [-0.25, -0.2) is 4.98 Å². The lowest BCUT2D eigenvalue weighted by molar-refractivity contribution is -0.122. The summed E-state index contributed by atoms with van der Waals surface area (Å²) in [6.07, 6.45) is 3.65. The van der Waals surface area contributed by atoms with Crippen LogP contribution in [-0.4, -0.2) is 28.9 Å². The number of benzene rings is 3. The van der Waals surface area contributed by atoms with Gasteiger partial charge in [0, 0.05) is 17.5 Å². The Morgan fingerprint density at radius 3 is 1.97 bits per heavy atom. The number of thiazole rings is 1. The van der Waals surface area contributed by atoms with Crippen LogP contribution < -0.4 is 15.4 Å². The summed E-state index contributed by atoms with van der Waals surface area (Å²) in [5, 5.41) is 8.92. The lowest BCUT2D eigenvalue weighted by Gasteiger charge is -2.34. The summed E-state index contributed by atoms with van der Waals surface area (Å²) in [5.41, 5.74) is 2.27.